The largest absolute Gasteiger partial charge is 0.392 e. The van der Waals surface area contributed by atoms with Gasteiger partial charge < -0.3 is 10.4 Å². The van der Waals surface area contributed by atoms with E-state index < -0.39 is 0 Å². The van der Waals surface area contributed by atoms with Gasteiger partial charge in [0.05, 0.1) is 11.5 Å². The summed E-state index contributed by atoms with van der Waals surface area (Å²) in [5.41, 5.74) is 3.35. The predicted molar refractivity (Wildman–Crippen MR) is 105 cm³/mol. The molecule has 0 spiro atoms. The summed E-state index contributed by atoms with van der Waals surface area (Å²) >= 11 is 1.51. The highest BCUT2D eigenvalue weighted by molar-refractivity contribution is 7.10. The molecule has 1 heterocycles. The van der Waals surface area contributed by atoms with E-state index in [4.69, 9.17) is 5.11 Å². The Hall–Kier alpha value is -2.37. The van der Waals surface area contributed by atoms with Crippen LogP contribution in [-0.2, 0) is 13.2 Å². The zero-order valence-electron chi connectivity index (χ0n) is 14.2. The van der Waals surface area contributed by atoms with Gasteiger partial charge in [-0.3, -0.25) is 8.75 Å². The highest BCUT2D eigenvalue weighted by Gasteiger charge is 2.16. The fraction of sp³-hybridized carbons (Fsp3) is 0.250. The van der Waals surface area contributed by atoms with Gasteiger partial charge in [0.25, 0.3) is 5.56 Å². The number of nitrogens with zero attached hydrogens (tertiary/aromatic N) is 1. The molecular weight excluding hydrogens is 332 g/mol. The zero-order chi connectivity index (χ0) is 17.6. The van der Waals surface area contributed by atoms with Crippen LogP contribution in [-0.4, -0.2) is 9.06 Å². The lowest BCUT2D eigenvalue weighted by Gasteiger charge is -2.07. The number of aliphatic hydroxyl groups excluding tert-OH is 1. The quantitative estimate of drug-likeness (QED) is 0.651. The first-order valence-corrected chi connectivity index (χ1v) is 9.26. The van der Waals surface area contributed by atoms with Crippen molar-refractivity contribution in [2.75, 3.05) is 5.32 Å². The maximum atomic E-state index is 12.9. The fourth-order valence-electron chi connectivity index (χ4n) is 2.60. The Bertz CT molecular complexity index is 867. The summed E-state index contributed by atoms with van der Waals surface area (Å²) in [5.74, 6) is 0. The molecule has 1 aromatic heterocycles. The van der Waals surface area contributed by atoms with Gasteiger partial charge in [0.2, 0.25) is 0 Å². The van der Waals surface area contributed by atoms with Gasteiger partial charge in [0.1, 0.15) is 5.69 Å². The summed E-state index contributed by atoms with van der Waals surface area (Å²) in [6.45, 7) is 2.88. The van der Waals surface area contributed by atoms with Crippen LogP contribution in [0.5, 0.6) is 0 Å². The molecule has 0 aliphatic carbocycles. The number of benzene rings is 2. The summed E-state index contributed by atoms with van der Waals surface area (Å²) in [6, 6.07) is 17.5. The summed E-state index contributed by atoms with van der Waals surface area (Å²) in [5, 5.41) is 12.5. The third-order valence-corrected chi connectivity index (χ3v) is 5.22. The molecule has 2 aromatic carbocycles. The molecule has 0 fully saturated rings. The molecular formula is C20H22N2O2S. The van der Waals surface area contributed by atoms with Crippen molar-refractivity contribution < 1.29 is 5.11 Å². The molecule has 0 saturated carbocycles. The van der Waals surface area contributed by atoms with E-state index in [0.29, 0.717) is 5.69 Å². The average Bonchev–Trinajstić information content (AvgIpc) is 2.97. The van der Waals surface area contributed by atoms with Gasteiger partial charge in [-0.15, -0.1) is 0 Å². The molecule has 0 amide bonds. The molecule has 25 heavy (non-hydrogen) atoms. The van der Waals surface area contributed by atoms with Gasteiger partial charge >= 0.3 is 0 Å². The molecule has 5 heteroatoms. The van der Waals surface area contributed by atoms with Gasteiger partial charge in [0, 0.05) is 12.2 Å². The van der Waals surface area contributed by atoms with Gasteiger partial charge in [-0.05, 0) is 29.7 Å². The van der Waals surface area contributed by atoms with Crippen LogP contribution in [0.2, 0.25) is 0 Å². The zero-order valence-corrected chi connectivity index (χ0v) is 15.1. The van der Waals surface area contributed by atoms with Crippen molar-refractivity contribution in [1.82, 2.24) is 3.96 Å². The van der Waals surface area contributed by atoms with Crippen LogP contribution in [0.3, 0.4) is 0 Å². The van der Waals surface area contributed by atoms with Crippen molar-refractivity contribution in [2.24, 2.45) is 0 Å². The van der Waals surface area contributed by atoms with Crippen LogP contribution in [0.1, 0.15) is 25.3 Å². The minimum Gasteiger partial charge on any atom is -0.392 e. The van der Waals surface area contributed by atoms with E-state index in [1.807, 2.05) is 58.6 Å². The number of nitrogens with one attached hydrogen (secondary N) is 1. The maximum Gasteiger partial charge on any atom is 0.284 e. The smallest absolute Gasteiger partial charge is 0.284 e. The van der Waals surface area contributed by atoms with Crippen molar-refractivity contribution in [3.63, 3.8) is 0 Å². The van der Waals surface area contributed by atoms with E-state index in [9.17, 15) is 4.79 Å². The molecule has 0 unspecified atom stereocenters. The number of aliphatic hydroxyl groups is 1. The van der Waals surface area contributed by atoms with Crippen LogP contribution >= 0.6 is 11.5 Å². The Morgan fingerprint density at radius 2 is 1.80 bits per heavy atom. The number of hydrogen-bond donors (Lipinski definition) is 2. The molecule has 4 nitrogen and oxygen atoms in total. The number of anilines is 2. The van der Waals surface area contributed by atoms with E-state index >= 15 is 0 Å². The van der Waals surface area contributed by atoms with Gasteiger partial charge in [-0.1, -0.05) is 67.3 Å². The molecule has 0 aliphatic heterocycles. The third kappa shape index (κ3) is 4.00. The van der Waals surface area contributed by atoms with Crippen molar-refractivity contribution in [2.45, 2.75) is 32.9 Å². The predicted octanol–water partition coefficient (Wildman–Crippen LogP) is 4.61. The van der Waals surface area contributed by atoms with Crippen molar-refractivity contribution >= 4 is 22.9 Å². The Labute approximate surface area is 151 Å². The molecule has 3 aromatic rings. The normalized spacial score (nSPS) is 10.8. The SMILES string of the molecule is CCCCn1sc(-c2ccccc2)c(Nc2ccc(CO)cc2)c1=O. The molecule has 0 aliphatic rings. The summed E-state index contributed by atoms with van der Waals surface area (Å²) in [6.07, 6.45) is 2.04. The number of aryl methyl sites for hydroxylation is 1. The van der Waals surface area contributed by atoms with Crippen LogP contribution in [0, 0.1) is 0 Å². The molecule has 0 atom stereocenters. The topological polar surface area (TPSA) is 54.3 Å². The summed E-state index contributed by atoms with van der Waals surface area (Å²) in [7, 11) is 0. The Morgan fingerprint density at radius 1 is 1.08 bits per heavy atom. The fourth-order valence-corrected chi connectivity index (χ4v) is 3.69. The van der Waals surface area contributed by atoms with Crippen molar-refractivity contribution in [3.8, 4) is 10.4 Å². The van der Waals surface area contributed by atoms with Gasteiger partial charge in [0.15, 0.2) is 0 Å². The van der Waals surface area contributed by atoms with Gasteiger partial charge in [-0.25, -0.2) is 0 Å². The van der Waals surface area contributed by atoms with Crippen molar-refractivity contribution in [1.29, 1.82) is 0 Å². The first kappa shape index (κ1) is 17.5. The van der Waals surface area contributed by atoms with Crippen LogP contribution in [0.4, 0.5) is 11.4 Å². The number of unbranched alkanes of at least 4 members (excludes halogenated alkanes) is 1. The maximum absolute atomic E-state index is 12.9. The molecule has 2 N–H and O–H groups in total. The molecule has 3 rings (SSSR count). The first-order valence-electron chi connectivity index (χ1n) is 8.49. The number of rotatable bonds is 7. The Kier molecular flexibility index (Phi) is 5.68. The average molecular weight is 354 g/mol. The monoisotopic (exact) mass is 354 g/mol. The van der Waals surface area contributed by atoms with E-state index in [1.165, 1.54) is 11.5 Å². The second-order valence-electron chi connectivity index (χ2n) is 5.90. The molecule has 0 saturated heterocycles. The minimum atomic E-state index is 0.0117. The first-order chi connectivity index (χ1) is 12.2. The Balaban J connectivity index is 2.00. The second-order valence-corrected chi connectivity index (χ2v) is 6.93. The number of aromatic nitrogens is 1. The minimum absolute atomic E-state index is 0.0117. The van der Waals surface area contributed by atoms with E-state index in [0.717, 1.165) is 41.1 Å². The van der Waals surface area contributed by atoms with Crippen molar-refractivity contribution in [3.05, 3.63) is 70.5 Å². The highest BCUT2D eigenvalue weighted by Crippen LogP contribution is 2.32. The molecule has 130 valence electrons. The lowest BCUT2D eigenvalue weighted by molar-refractivity contribution is 0.282. The standard InChI is InChI=1S/C20H22N2O2S/c1-2-3-13-22-20(24)18(19(25-22)16-7-5-4-6-8-16)21-17-11-9-15(14-23)10-12-17/h4-12,21,23H,2-3,13-14H2,1H3. The molecule has 0 radical (unpaired) electrons. The number of hydrogen-bond acceptors (Lipinski definition) is 4. The lowest BCUT2D eigenvalue weighted by Crippen LogP contribution is -2.15. The van der Waals surface area contributed by atoms with Crippen LogP contribution < -0.4 is 10.9 Å². The van der Waals surface area contributed by atoms with E-state index in [2.05, 4.69) is 12.2 Å². The van der Waals surface area contributed by atoms with E-state index in [-0.39, 0.29) is 12.2 Å². The molecule has 0 bridgehead atoms. The lowest BCUT2D eigenvalue weighted by atomic mass is 10.1. The van der Waals surface area contributed by atoms with Crippen LogP contribution in [0.15, 0.2) is 59.4 Å². The van der Waals surface area contributed by atoms with E-state index in [1.54, 1.807) is 0 Å². The summed E-state index contributed by atoms with van der Waals surface area (Å²) < 4.78 is 1.83. The Morgan fingerprint density at radius 3 is 2.44 bits per heavy atom. The second kappa shape index (κ2) is 8.14. The summed E-state index contributed by atoms with van der Waals surface area (Å²) in [4.78, 5) is 13.8. The highest BCUT2D eigenvalue weighted by atomic mass is 32.1. The third-order valence-electron chi connectivity index (χ3n) is 4.03. The van der Waals surface area contributed by atoms with Crippen LogP contribution in [0.25, 0.3) is 10.4 Å². The van der Waals surface area contributed by atoms with Gasteiger partial charge in [-0.2, -0.15) is 0 Å².